The van der Waals surface area contributed by atoms with Gasteiger partial charge >= 0.3 is 0 Å². The molecule has 1 fully saturated rings. The van der Waals surface area contributed by atoms with Crippen LogP contribution in [0.25, 0.3) is 0 Å². The first-order chi connectivity index (χ1) is 12.7. The minimum atomic E-state index is -0.730. The second-order valence-electron chi connectivity index (χ2n) is 6.88. The van der Waals surface area contributed by atoms with Crippen molar-refractivity contribution in [2.24, 2.45) is 0 Å². The van der Waals surface area contributed by atoms with Crippen molar-refractivity contribution in [1.82, 2.24) is 4.90 Å². The van der Waals surface area contributed by atoms with Crippen LogP contribution in [-0.4, -0.2) is 37.2 Å². The number of para-hydroxylation sites is 1. The summed E-state index contributed by atoms with van der Waals surface area (Å²) >= 11 is 0. The Morgan fingerprint density at radius 1 is 1.00 bits per heavy atom. The van der Waals surface area contributed by atoms with Gasteiger partial charge in [0.1, 0.15) is 12.4 Å². The molecule has 1 aliphatic rings. The van der Waals surface area contributed by atoms with Gasteiger partial charge in [-0.3, -0.25) is 4.90 Å². The predicted octanol–water partition coefficient (Wildman–Crippen LogP) is 4.10. The highest BCUT2D eigenvalue weighted by Crippen LogP contribution is 2.25. The summed E-state index contributed by atoms with van der Waals surface area (Å²) in [7, 11) is 0. The van der Waals surface area contributed by atoms with Crippen LogP contribution >= 0.6 is 0 Å². The van der Waals surface area contributed by atoms with Crippen LogP contribution in [0.15, 0.2) is 60.7 Å². The fourth-order valence-corrected chi connectivity index (χ4v) is 3.30. The lowest BCUT2D eigenvalue weighted by molar-refractivity contribution is -0.0312. The van der Waals surface area contributed by atoms with Crippen LogP contribution in [0.1, 0.15) is 25.3 Å². The molecule has 0 N–H and O–H groups in total. The van der Waals surface area contributed by atoms with Crippen molar-refractivity contribution >= 4 is 0 Å². The molecular weight excluding hydrogens is 322 g/mol. The molecule has 0 amide bonds. The summed E-state index contributed by atoms with van der Waals surface area (Å²) in [6.45, 7) is 5.28. The molecule has 1 aliphatic heterocycles. The highest BCUT2D eigenvalue weighted by atomic mass is 16.5. The maximum Gasteiger partial charge on any atom is 0.151 e. The number of likely N-dealkylation sites (tertiary alicyclic amines) is 1. The normalized spacial score (nSPS) is 18.0. The number of hydrogen-bond acceptors (Lipinski definition) is 3. The first-order valence-corrected chi connectivity index (χ1v) is 9.30. The van der Waals surface area contributed by atoms with Gasteiger partial charge in [0.05, 0.1) is 12.6 Å². The fourth-order valence-electron chi connectivity index (χ4n) is 3.30. The lowest BCUT2D eigenvalue weighted by Gasteiger charge is -2.32. The number of nitrogens with zero attached hydrogens (tertiary/aromatic N) is 1. The van der Waals surface area contributed by atoms with Gasteiger partial charge in [-0.2, -0.15) is 0 Å². The van der Waals surface area contributed by atoms with Crippen molar-refractivity contribution < 1.29 is 9.47 Å². The van der Waals surface area contributed by atoms with Gasteiger partial charge in [-0.15, -0.1) is 6.42 Å². The van der Waals surface area contributed by atoms with E-state index in [0.29, 0.717) is 13.2 Å². The number of rotatable bonds is 8. The van der Waals surface area contributed by atoms with Gasteiger partial charge in [0.2, 0.25) is 0 Å². The van der Waals surface area contributed by atoms with Gasteiger partial charge in [-0.1, -0.05) is 54.5 Å². The highest BCUT2D eigenvalue weighted by molar-refractivity contribution is 5.29. The van der Waals surface area contributed by atoms with E-state index in [2.05, 4.69) is 10.8 Å². The summed E-state index contributed by atoms with van der Waals surface area (Å²) in [5, 5.41) is 0. The lowest BCUT2D eigenvalue weighted by atomic mass is 9.97. The molecule has 26 heavy (non-hydrogen) atoms. The van der Waals surface area contributed by atoms with E-state index in [-0.39, 0.29) is 6.04 Å². The Labute approximate surface area is 156 Å². The largest absolute Gasteiger partial charge is 0.492 e. The average molecular weight is 349 g/mol. The number of terminal acetylenes is 1. The van der Waals surface area contributed by atoms with E-state index in [1.54, 1.807) is 0 Å². The second-order valence-corrected chi connectivity index (χ2v) is 6.88. The van der Waals surface area contributed by atoms with E-state index in [1.807, 2.05) is 67.6 Å². The Balaban J connectivity index is 1.66. The topological polar surface area (TPSA) is 21.7 Å². The predicted molar refractivity (Wildman–Crippen MR) is 105 cm³/mol. The van der Waals surface area contributed by atoms with Crippen LogP contribution in [0.5, 0.6) is 5.75 Å². The molecule has 0 bridgehead atoms. The second kappa shape index (κ2) is 8.89. The van der Waals surface area contributed by atoms with Gasteiger partial charge < -0.3 is 9.47 Å². The zero-order chi connectivity index (χ0) is 18.2. The summed E-state index contributed by atoms with van der Waals surface area (Å²) in [6, 6.07) is 20.1. The molecule has 0 radical (unpaired) electrons. The maximum atomic E-state index is 6.27. The molecule has 3 heteroatoms. The van der Waals surface area contributed by atoms with E-state index in [4.69, 9.17) is 15.9 Å². The summed E-state index contributed by atoms with van der Waals surface area (Å²) < 4.78 is 12.3. The molecule has 2 unspecified atom stereocenters. The van der Waals surface area contributed by atoms with Gasteiger partial charge in [0.15, 0.2) is 5.60 Å². The number of benzene rings is 2. The highest BCUT2D eigenvalue weighted by Gasteiger charge is 2.29. The first kappa shape index (κ1) is 18.5. The third-order valence-corrected chi connectivity index (χ3v) is 5.01. The van der Waals surface area contributed by atoms with Crippen LogP contribution < -0.4 is 4.74 Å². The minimum absolute atomic E-state index is 0.189. The Kier molecular flexibility index (Phi) is 6.33. The third-order valence-electron chi connectivity index (χ3n) is 5.01. The summed E-state index contributed by atoms with van der Waals surface area (Å²) in [4.78, 5) is 2.45. The molecule has 3 rings (SSSR count). The standard InChI is InChI=1S/C23H27NO2/c1-3-23(2,20-12-6-4-7-13-20)26-19-21(24-16-10-11-17-24)18-25-22-14-8-5-9-15-22/h1,4-9,12-15,21H,10-11,16-19H2,2H3. The molecule has 1 heterocycles. The third kappa shape index (κ3) is 4.66. The molecule has 2 atom stereocenters. The molecule has 0 aromatic heterocycles. The van der Waals surface area contributed by atoms with E-state index >= 15 is 0 Å². The monoisotopic (exact) mass is 349 g/mol. The summed E-state index contributed by atoms with van der Waals surface area (Å²) in [6.07, 6.45) is 8.28. The number of ether oxygens (including phenoxy) is 2. The van der Waals surface area contributed by atoms with Gasteiger partial charge in [0.25, 0.3) is 0 Å². The van der Waals surface area contributed by atoms with Crippen LogP contribution in [0.4, 0.5) is 0 Å². The van der Waals surface area contributed by atoms with Crippen LogP contribution in [0.2, 0.25) is 0 Å². The van der Waals surface area contributed by atoms with Crippen molar-refractivity contribution in [3.8, 4) is 18.1 Å². The van der Waals surface area contributed by atoms with Crippen LogP contribution in [0.3, 0.4) is 0 Å². The molecular formula is C23H27NO2. The molecule has 0 saturated carbocycles. The van der Waals surface area contributed by atoms with Crippen LogP contribution in [-0.2, 0) is 10.3 Å². The number of hydrogen-bond donors (Lipinski definition) is 0. The molecule has 136 valence electrons. The van der Waals surface area contributed by atoms with Gasteiger partial charge in [-0.05, 0) is 50.6 Å². The lowest BCUT2D eigenvalue weighted by Crippen LogP contribution is -2.43. The fraction of sp³-hybridized carbons (Fsp3) is 0.391. The zero-order valence-electron chi connectivity index (χ0n) is 15.4. The Morgan fingerprint density at radius 2 is 1.62 bits per heavy atom. The Hall–Kier alpha value is -2.28. The molecule has 2 aromatic rings. The minimum Gasteiger partial charge on any atom is -0.492 e. The zero-order valence-corrected chi connectivity index (χ0v) is 15.4. The molecule has 0 aliphatic carbocycles. The molecule has 3 nitrogen and oxygen atoms in total. The van der Waals surface area contributed by atoms with Gasteiger partial charge in [0, 0.05) is 0 Å². The quantitative estimate of drug-likeness (QED) is 0.670. The Morgan fingerprint density at radius 3 is 2.23 bits per heavy atom. The van der Waals surface area contributed by atoms with Crippen molar-refractivity contribution in [2.75, 3.05) is 26.3 Å². The summed E-state index contributed by atoms with van der Waals surface area (Å²) in [5.41, 5.74) is 0.276. The van der Waals surface area contributed by atoms with E-state index < -0.39 is 5.60 Å². The van der Waals surface area contributed by atoms with E-state index in [1.165, 1.54) is 12.8 Å². The molecule has 1 saturated heterocycles. The average Bonchev–Trinajstić information content (AvgIpc) is 3.24. The molecule has 2 aromatic carbocycles. The first-order valence-electron chi connectivity index (χ1n) is 9.30. The molecule has 0 spiro atoms. The van der Waals surface area contributed by atoms with Gasteiger partial charge in [-0.25, -0.2) is 0 Å². The maximum absolute atomic E-state index is 6.27. The van der Waals surface area contributed by atoms with Crippen molar-refractivity contribution in [1.29, 1.82) is 0 Å². The summed E-state index contributed by atoms with van der Waals surface area (Å²) in [5.74, 6) is 3.72. The SMILES string of the molecule is C#CC(C)(OCC(COc1ccccc1)N1CCCC1)c1ccccc1. The smallest absolute Gasteiger partial charge is 0.151 e. The van der Waals surface area contributed by atoms with Crippen molar-refractivity contribution in [2.45, 2.75) is 31.4 Å². The Bertz CT molecular complexity index is 704. The van der Waals surface area contributed by atoms with Crippen LogP contribution in [0, 0.1) is 12.3 Å². The van der Waals surface area contributed by atoms with Crippen molar-refractivity contribution in [3.05, 3.63) is 66.2 Å². The van der Waals surface area contributed by atoms with Crippen molar-refractivity contribution in [3.63, 3.8) is 0 Å². The van der Waals surface area contributed by atoms with E-state index in [0.717, 1.165) is 24.4 Å². The van der Waals surface area contributed by atoms with E-state index in [9.17, 15) is 0 Å².